The summed E-state index contributed by atoms with van der Waals surface area (Å²) in [6, 6.07) is 3.59. The molecule has 1 aliphatic carbocycles. The molecule has 1 aromatic heterocycles. The SMILES string of the molecule is CCC1CCC(CNC(=O)Cc2ccc(N)cn2)CC1. The summed E-state index contributed by atoms with van der Waals surface area (Å²) >= 11 is 0. The molecule has 0 unspecified atom stereocenters. The van der Waals surface area contributed by atoms with Gasteiger partial charge in [0.15, 0.2) is 0 Å². The molecule has 1 fully saturated rings. The van der Waals surface area contributed by atoms with Crippen molar-refractivity contribution in [3.05, 3.63) is 24.0 Å². The van der Waals surface area contributed by atoms with E-state index in [1.807, 2.05) is 0 Å². The van der Waals surface area contributed by atoms with Gasteiger partial charge < -0.3 is 11.1 Å². The Bertz CT molecular complexity index is 422. The van der Waals surface area contributed by atoms with Crippen LogP contribution in [-0.4, -0.2) is 17.4 Å². The van der Waals surface area contributed by atoms with Gasteiger partial charge in [-0.1, -0.05) is 26.2 Å². The molecule has 0 saturated heterocycles. The summed E-state index contributed by atoms with van der Waals surface area (Å²) < 4.78 is 0. The predicted octanol–water partition coefficient (Wildman–Crippen LogP) is 2.54. The number of nitrogen functional groups attached to an aromatic ring is 1. The number of carbonyl (C=O) groups excluding carboxylic acids is 1. The van der Waals surface area contributed by atoms with Crippen LogP contribution in [0, 0.1) is 11.8 Å². The van der Waals surface area contributed by atoms with Crippen molar-refractivity contribution >= 4 is 11.6 Å². The van der Waals surface area contributed by atoms with E-state index in [1.54, 1.807) is 18.3 Å². The minimum Gasteiger partial charge on any atom is -0.397 e. The lowest BCUT2D eigenvalue weighted by molar-refractivity contribution is -0.120. The summed E-state index contributed by atoms with van der Waals surface area (Å²) in [5.74, 6) is 1.61. The molecule has 3 N–H and O–H groups in total. The second-order valence-electron chi connectivity index (χ2n) is 5.86. The number of amides is 1. The van der Waals surface area contributed by atoms with E-state index in [0.717, 1.165) is 18.2 Å². The topological polar surface area (TPSA) is 68.0 Å². The Labute approximate surface area is 121 Å². The zero-order chi connectivity index (χ0) is 14.4. The molecule has 20 heavy (non-hydrogen) atoms. The highest BCUT2D eigenvalue weighted by Gasteiger charge is 2.20. The molecule has 1 aliphatic rings. The Balaban J connectivity index is 1.69. The number of nitrogens with one attached hydrogen (secondary N) is 1. The molecule has 4 heteroatoms. The number of pyridine rings is 1. The molecule has 1 amide bonds. The molecule has 1 heterocycles. The zero-order valence-electron chi connectivity index (χ0n) is 12.3. The highest BCUT2D eigenvalue weighted by atomic mass is 16.1. The van der Waals surface area contributed by atoms with Crippen LogP contribution in [0.1, 0.15) is 44.7 Å². The van der Waals surface area contributed by atoms with E-state index in [2.05, 4.69) is 17.2 Å². The van der Waals surface area contributed by atoms with Crippen LogP contribution in [0.2, 0.25) is 0 Å². The summed E-state index contributed by atoms with van der Waals surface area (Å²) in [5, 5.41) is 3.04. The van der Waals surface area contributed by atoms with E-state index in [1.165, 1.54) is 32.1 Å². The van der Waals surface area contributed by atoms with Gasteiger partial charge in [0.2, 0.25) is 5.91 Å². The quantitative estimate of drug-likeness (QED) is 0.867. The minimum atomic E-state index is 0.0555. The summed E-state index contributed by atoms with van der Waals surface area (Å²) in [5.41, 5.74) is 6.97. The van der Waals surface area contributed by atoms with Gasteiger partial charge in [-0.25, -0.2) is 0 Å². The van der Waals surface area contributed by atoms with Crippen molar-refractivity contribution in [1.82, 2.24) is 10.3 Å². The van der Waals surface area contributed by atoms with Crippen LogP contribution < -0.4 is 11.1 Å². The summed E-state index contributed by atoms with van der Waals surface area (Å²) in [4.78, 5) is 16.0. The van der Waals surface area contributed by atoms with E-state index in [4.69, 9.17) is 5.73 Å². The third-order valence-corrected chi connectivity index (χ3v) is 4.32. The van der Waals surface area contributed by atoms with Crippen LogP contribution in [0.25, 0.3) is 0 Å². The normalized spacial score (nSPS) is 22.4. The van der Waals surface area contributed by atoms with Gasteiger partial charge in [-0.2, -0.15) is 0 Å². The fraction of sp³-hybridized carbons (Fsp3) is 0.625. The molecule has 110 valence electrons. The smallest absolute Gasteiger partial charge is 0.226 e. The monoisotopic (exact) mass is 275 g/mol. The first-order chi connectivity index (χ1) is 9.67. The molecule has 1 saturated carbocycles. The summed E-state index contributed by atoms with van der Waals surface area (Å²) in [7, 11) is 0. The van der Waals surface area contributed by atoms with Crippen LogP contribution in [0.4, 0.5) is 5.69 Å². The molecular weight excluding hydrogens is 250 g/mol. The first-order valence-corrected chi connectivity index (χ1v) is 7.64. The van der Waals surface area contributed by atoms with Gasteiger partial charge in [-0.3, -0.25) is 9.78 Å². The molecule has 0 aromatic carbocycles. The van der Waals surface area contributed by atoms with Gasteiger partial charge in [0.05, 0.1) is 18.3 Å². The van der Waals surface area contributed by atoms with E-state index in [9.17, 15) is 4.79 Å². The number of nitrogens with zero attached hydrogens (tertiary/aromatic N) is 1. The molecule has 0 atom stereocenters. The van der Waals surface area contributed by atoms with Crippen LogP contribution >= 0.6 is 0 Å². The molecule has 0 radical (unpaired) electrons. The Morgan fingerprint density at radius 2 is 2.00 bits per heavy atom. The fourth-order valence-electron chi connectivity index (χ4n) is 2.87. The summed E-state index contributed by atoms with van der Waals surface area (Å²) in [6.45, 7) is 3.08. The number of hydrogen-bond acceptors (Lipinski definition) is 3. The Hall–Kier alpha value is -1.58. The fourth-order valence-corrected chi connectivity index (χ4v) is 2.87. The first-order valence-electron chi connectivity index (χ1n) is 7.64. The average molecular weight is 275 g/mol. The molecule has 2 rings (SSSR count). The van der Waals surface area contributed by atoms with Crippen molar-refractivity contribution < 1.29 is 4.79 Å². The summed E-state index contributed by atoms with van der Waals surface area (Å²) in [6.07, 6.45) is 8.35. The Morgan fingerprint density at radius 3 is 2.60 bits per heavy atom. The maximum atomic E-state index is 11.9. The van der Waals surface area contributed by atoms with Crippen LogP contribution in [0.15, 0.2) is 18.3 Å². The van der Waals surface area contributed by atoms with E-state index in [0.29, 0.717) is 18.0 Å². The predicted molar refractivity (Wildman–Crippen MR) is 81.1 cm³/mol. The van der Waals surface area contributed by atoms with Crippen molar-refractivity contribution in [2.75, 3.05) is 12.3 Å². The zero-order valence-corrected chi connectivity index (χ0v) is 12.3. The van der Waals surface area contributed by atoms with Crippen LogP contribution in [0.5, 0.6) is 0 Å². The van der Waals surface area contributed by atoms with Crippen molar-refractivity contribution in [1.29, 1.82) is 0 Å². The molecule has 4 nitrogen and oxygen atoms in total. The van der Waals surface area contributed by atoms with Crippen molar-refractivity contribution in [3.8, 4) is 0 Å². The Morgan fingerprint density at radius 1 is 1.30 bits per heavy atom. The number of anilines is 1. The van der Waals surface area contributed by atoms with Crippen molar-refractivity contribution in [2.24, 2.45) is 11.8 Å². The van der Waals surface area contributed by atoms with E-state index < -0.39 is 0 Å². The van der Waals surface area contributed by atoms with Gasteiger partial charge in [0.1, 0.15) is 0 Å². The van der Waals surface area contributed by atoms with Gasteiger partial charge >= 0.3 is 0 Å². The number of aromatic nitrogens is 1. The average Bonchev–Trinajstić information content (AvgIpc) is 2.48. The highest BCUT2D eigenvalue weighted by molar-refractivity contribution is 5.78. The van der Waals surface area contributed by atoms with E-state index >= 15 is 0 Å². The van der Waals surface area contributed by atoms with Gasteiger partial charge in [0.25, 0.3) is 0 Å². The standard InChI is InChI=1S/C16H25N3O/c1-2-12-3-5-13(6-4-12)10-19-16(20)9-15-8-7-14(17)11-18-15/h7-8,11-13H,2-6,9-10,17H2,1H3,(H,19,20). The Kier molecular flexibility index (Phi) is 5.39. The van der Waals surface area contributed by atoms with Gasteiger partial charge in [0, 0.05) is 12.2 Å². The molecule has 0 aliphatic heterocycles. The number of nitrogens with two attached hydrogens (primary N) is 1. The molecular formula is C16H25N3O. The van der Waals surface area contributed by atoms with Crippen LogP contribution in [0.3, 0.4) is 0 Å². The maximum absolute atomic E-state index is 11.9. The molecule has 0 spiro atoms. The second kappa shape index (κ2) is 7.27. The second-order valence-corrected chi connectivity index (χ2v) is 5.86. The van der Waals surface area contributed by atoms with Gasteiger partial charge in [-0.15, -0.1) is 0 Å². The van der Waals surface area contributed by atoms with E-state index in [-0.39, 0.29) is 5.91 Å². The van der Waals surface area contributed by atoms with Crippen LogP contribution in [-0.2, 0) is 11.2 Å². The molecule has 1 aromatic rings. The minimum absolute atomic E-state index is 0.0555. The van der Waals surface area contributed by atoms with Crippen molar-refractivity contribution in [3.63, 3.8) is 0 Å². The highest BCUT2D eigenvalue weighted by Crippen LogP contribution is 2.30. The lowest BCUT2D eigenvalue weighted by Gasteiger charge is -2.27. The first kappa shape index (κ1) is 14.8. The van der Waals surface area contributed by atoms with Crippen molar-refractivity contribution in [2.45, 2.75) is 45.4 Å². The number of rotatable bonds is 5. The lowest BCUT2D eigenvalue weighted by atomic mass is 9.81. The number of carbonyl (C=O) groups is 1. The third-order valence-electron chi connectivity index (χ3n) is 4.32. The third kappa shape index (κ3) is 4.51. The van der Waals surface area contributed by atoms with Gasteiger partial charge in [-0.05, 0) is 36.8 Å². The maximum Gasteiger partial charge on any atom is 0.226 e. The largest absolute Gasteiger partial charge is 0.397 e. The molecule has 0 bridgehead atoms. The number of hydrogen-bond donors (Lipinski definition) is 2. The lowest BCUT2D eigenvalue weighted by Crippen LogP contribution is -2.32.